The summed E-state index contributed by atoms with van der Waals surface area (Å²) in [6, 6.07) is 1.62. The maximum absolute atomic E-state index is 4.95. The van der Waals surface area contributed by atoms with Gasteiger partial charge in [0.15, 0.2) is 0 Å². The third-order valence-corrected chi connectivity index (χ3v) is 6.17. The van der Waals surface area contributed by atoms with Crippen molar-refractivity contribution in [1.29, 1.82) is 0 Å². The van der Waals surface area contributed by atoms with Crippen molar-refractivity contribution in [2.45, 2.75) is 63.6 Å². The smallest absolute Gasteiger partial charge is 0.0963 e. The van der Waals surface area contributed by atoms with Crippen molar-refractivity contribution in [2.24, 2.45) is 0 Å². The summed E-state index contributed by atoms with van der Waals surface area (Å²) in [5, 5.41) is 4.68. The zero-order valence-corrected chi connectivity index (χ0v) is 13.1. The van der Waals surface area contributed by atoms with Crippen LogP contribution < -0.4 is 5.32 Å². The fourth-order valence-electron chi connectivity index (χ4n) is 3.77. The van der Waals surface area contributed by atoms with Crippen LogP contribution >= 0.6 is 11.3 Å². The lowest BCUT2D eigenvalue weighted by molar-refractivity contribution is 0.161. The summed E-state index contributed by atoms with van der Waals surface area (Å²) >= 11 is 1.96. The summed E-state index contributed by atoms with van der Waals surface area (Å²) in [6.07, 6.45) is 6.50. The fourth-order valence-corrected chi connectivity index (χ4v) is 5.06. The molecule has 0 aromatic carbocycles. The molecule has 106 valence electrons. The zero-order valence-electron chi connectivity index (χ0n) is 12.3. The summed E-state index contributed by atoms with van der Waals surface area (Å²) in [5.41, 5.74) is 1.32. The number of hydrogen-bond donors (Lipinski definition) is 1. The van der Waals surface area contributed by atoms with Gasteiger partial charge in [0.05, 0.1) is 10.7 Å². The number of aryl methyl sites for hydroxylation is 1. The standard InChI is InChI=1S/C15H25N3S/c1-4-13-14(9-16-2)19-15(17-13)10-7-11-5-6-12(8-10)18(11)3/h10-12,16H,4-9H2,1-3H3. The molecule has 1 aromatic rings. The maximum atomic E-state index is 4.95. The van der Waals surface area contributed by atoms with E-state index in [1.165, 1.54) is 41.3 Å². The van der Waals surface area contributed by atoms with Crippen molar-refractivity contribution in [3.63, 3.8) is 0 Å². The molecule has 3 nitrogen and oxygen atoms in total. The van der Waals surface area contributed by atoms with Crippen LogP contribution in [-0.4, -0.2) is 36.1 Å². The van der Waals surface area contributed by atoms with E-state index >= 15 is 0 Å². The first-order chi connectivity index (χ1) is 9.22. The predicted molar refractivity (Wildman–Crippen MR) is 80.8 cm³/mol. The summed E-state index contributed by atoms with van der Waals surface area (Å²) in [6.45, 7) is 3.19. The summed E-state index contributed by atoms with van der Waals surface area (Å²) in [7, 11) is 4.33. The monoisotopic (exact) mass is 279 g/mol. The molecule has 3 rings (SSSR count). The van der Waals surface area contributed by atoms with Crippen LogP contribution in [0.25, 0.3) is 0 Å². The Bertz CT molecular complexity index is 429. The molecule has 2 aliphatic rings. The Hall–Kier alpha value is -0.450. The molecule has 0 saturated carbocycles. The number of nitrogens with zero attached hydrogens (tertiary/aromatic N) is 2. The molecule has 2 bridgehead atoms. The molecule has 19 heavy (non-hydrogen) atoms. The quantitative estimate of drug-likeness (QED) is 0.918. The number of nitrogens with one attached hydrogen (secondary N) is 1. The van der Waals surface area contributed by atoms with E-state index in [0.717, 1.165) is 31.0 Å². The van der Waals surface area contributed by atoms with E-state index in [1.807, 2.05) is 18.4 Å². The average Bonchev–Trinajstić information content (AvgIpc) is 2.88. The number of piperidine rings is 1. The van der Waals surface area contributed by atoms with Gasteiger partial charge in [-0.25, -0.2) is 4.98 Å². The molecule has 2 fully saturated rings. The molecule has 0 amide bonds. The van der Waals surface area contributed by atoms with Crippen molar-refractivity contribution in [2.75, 3.05) is 14.1 Å². The van der Waals surface area contributed by atoms with Crippen molar-refractivity contribution in [3.05, 3.63) is 15.6 Å². The highest BCUT2D eigenvalue weighted by atomic mass is 32.1. The third kappa shape index (κ3) is 2.46. The van der Waals surface area contributed by atoms with Crippen molar-refractivity contribution in [3.8, 4) is 0 Å². The first kappa shape index (κ1) is 13.5. The van der Waals surface area contributed by atoms with Gasteiger partial charge >= 0.3 is 0 Å². The Labute approximate surface area is 120 Å². The van der Waals surface area contributed by atoms with Crippen LogP contribution in [0.1, 0.15) is 54.1 Å². The molecule has 2 atom stereocenters. The van der Waals surface area contributed by atoms with Crippen LogP contribution in [0.15, 0.2) is 0 Å². The average molecular weight is 279 g/mol. The summed E-state index contributed by atoms with van der Waals surface area (Å²) in [4.78, 5) is 9.01. The van der Waals surface area contributed by atoms with Gasteiger partial charge < -0.3 is 10.2 Å². The second-order valence-corrected chi connectivity index (χ2v) is 7.14. The van der Waals surface area contributed by atoms with Gasteiger partial charge in [0.25, 0.3) is 0 Å². The molecule has 2 unspecified atom stereocenters. The molecular formula is C15H25N3S. The summed E-state index contributed by atoms with van der Waals surface area (Å²) < 4.78 is 0. The van der Waals surface area contributed by atoms with Crippen molar-refractivity contribution >= 4 is 11.3 Å². The number of fused-ring (bicyclic) bond motifs is 2. The molecule has 1 aromatic heterocycles. The summed E-state index contributed by atoms with van der Waals surface area (Å²) in [5.74, 6) is 0.717. The lowest BCUT2D eigenvalue weighted by Crippen LogP contribution is -2.39. The molecule has 2 saturated heterocycles. The Kier molecular flexibility index (Phi) is 3.92. The highest BCUT2D eigenvalue weighted by Gasteiger charge is 2.39. The maximum Gasteiger partial charge on any atom is 0.0963 e. The molecular weight excluding hydrogens is 254 g/mol. The molecule has 0 spiro atoms. The number of thiazole rings is 1. The van der Waals surface area contributed by atoms with Gasteiger partial charge in [-0.05, 0) is 46.2 Å². The Morgan fingerprint density at radius 3 is 2.58 bits per heavy atom. The molecule has 2 aliphatic heterocycles. The first-order valence-electron chi connectivity index (χ1n) is 7.58. The topological polar surface area (TPSA) is 28.2 Å². The minimum Gasteiger partial charge on any atom is -0.315 e. The van der Waals surface area contributed by atoms with Crippen molar-refractivity contribution in [1.82, 2.24) is 15.2 Å². The first-order valence-corrected chi connectivity index (χ1v) is 8.39. The van der Waals surface area contributed by atoms with Gasteiger partial charge in [-0.3, -0.25) is 0 Å². The van der Waals surface area contributed by atoms with E-state index < -0.39 is 0 Å². The van der Waals surface area contributed by atoms with Crippen LogP contribution in [0.3, 0.4) is 0 Å². The predicted octanol–water partition coefficient (Wildman–Crippen LogP) is 2.77. The molecule has 0 aliphatic carbocycles. The van der Waals surface area contributed by atoms with Gasteiger partial charge in [0, 0.05) is 29.4 Å². The minimum absolute atomic E-state index is 0.717. The van der Waals surface area contributed by atoms with Gasteiger partial charge in [-0.2, -0.15) is 0 Å². The van der Waals surface area contributed by atoms with E-state index in [4.69, 9.17) is 4.98 Å². The highest BCUT2D eigenvalue weighted by Crippen LogP contribution is 2.43. The molecule has 0 radical (unpaired) electrons. The van der Waals surface area contributed by atoms with Crippen LogP contribution in [0.2, 0.25) is 0 Å². The molecule has 3 heterocycles. The van der Waals surface area contributed by atoms with Gasteiger partial charge in [0.2, 0.25) is 0 Å². The van der Waals surface area contributed by atoms with Crippen LogP contribution in [0.4, 0.5) is 0 Å². The fraction of sp³-hybridized carbons (Fsp3) is 0.800. The highest BCUT2D eigenvalue weighted by molar-refractivity contribution is 7.11. The van der Waals surface area contributed by atoms with E-state index in [2.05, 4.69) is 24.2 Å². The lowest BCUT2D eigenvalue weighted by atomic mass is 9.92. The number of rotatable bonds is 4. The largest absolute Gasteiger partial charge is 0.315 e. The normalized spacial score (nSPS) is 31.0. The zero-order chi connectivity index (χ0) is 13.4. The molecule has 4 heteroatoms. The number of aromatic nitrogens is 1. The minimum atomic E-state index is 0.717. The van der Waals surface area contributed by atoms with Gasteiger partial charge in [0.1, 0.15) is 0 Å². The van der Waals surface area contributed by atoms with Crippen molar-refractivity contribution < 1.29 is 0 Å². The SMILES string of the molecule is CCc1nc(C2CC3CCC(C2)N3C)sc1CNC. The van der Waals surface area contributed by atoms with Crippen LogP contribution in [0.5, 0.6) is 0 Å². The molecule has 1 N–H and O–H groups in total. The van der Waals surface area contributed by atoms with E-state index in [9.17, 15) is 0 Å². The second-order valence-electron chi connectivity index (χ2n) is 6.02. The van der Waals surface area contributed by atoms with Crippen LogP contribution in [0, 0.1) is 0 Å². The Morgan fingerprint density at radius 2 is 2.00 bits per heavy atom. The van der Waals surface area contributed by atoms with E-state index in [1.54, 1.807) is 0 Å². The van der Waals surface area contributed by atoms with E-state index in [0.29, 0.717) is 0 Å². The van der Waals surface area contributed by atoms with E-state index in [-0.39, 0.29) is 0 Å². The second kappa shape index (κ2) is 5.51. The number of hydrogen-bond acceptors (Lipinski definition) is 4. The van der Waals surface area contributed by atoms with Gasteiger partial charge in [-0.15, -0.1) is 11.3 Å². The van der Waals surface area contributed by atoms with Gasteiger partial charge in [-0.1, -0.05) is 6.92 Å². The lowest BCUT2D eigenvalue weighted by Gasteiger charge is -2.35. The Balaban J connectivity index is 1.79. The third-order valence-electron chi connectivity index (χ3n) is 4.91. The Morgan fingerprint density at radius 1 is 1.32 bits per heavy atom. The van der Waals surface area contributed by atoms with Crippen LogP contribution in [-0.2, 0) is 13.0 Å².